The minimum absolute atomic E-state index is 0.216. The van der Waals surface area contributed by atoms with E-state index in [1.54, 1.807) is 24.3 Å². The third kappa shape index (κ3) is 3.69. The molecule has 33 heavy (non-hydrogen) atoms. The average Bonchev–Trinajstić information content (AvgIpc) is 3.14. The molecule has 1 amide bonds. The molecular weight excluding hydrogens is 434 g/mol. The summed E-state index contributed by atoms with van der Waals surface area (Å²) in [4.78, 5) is 22.6. The lowest BCUT2D eigenvalue weighted by Gasteiger charge is -2.19. The fourth-order valence-electron chi connectivity index (χ4n) is 3.93. The van der Waals surface area contributed by atoms with Crippen molar-refractivity contribution < 1.29 is 4.79 Å². The standard InChI is InChI=1S/C26H18ClN5O/c1-16(17-7-3-2-4-8-17)32-24(31-26(33)18-11-13-19(27)14-12-18)20(15-28)23-25(32)30-22-10-6-5-9-21(22)29-23/h2-14,16H,1H3,(H,31,33). The molecule has 0 spiro atoms. The molecular formula is C26H18ClN5O. The summed E-state index contributed by atoms with van der Waals surface area (Å²) in [7, 11) is 0. The van der Waals surface area contributed by atoms with Gasteiger partial charge in [-0.1, -0.05) is 54.1 Å². The fourth-order valence-corrected chi connectivity index (χ4v) is 4.06. The Labute approximate surface area is 195 Å². The summed E-state index contributed by atoms with van der Waals surface area (Å²) in [6.45, 7) is 2.00. The Hall–Kier alpha value is -4.21. The van der Waals surface area contributed by atoms with Crippen molar-refractivity contribution >= 4 is 45.5 Å². The normalized spacial score (nSPS) is 11.9. The van der Waals surface area contributed by atoms with E-state index in [4.69, 9.17) is 21.6 Å². The number of aromatic nitrogens is 3. The monoisotopic (exact) mass is 451 g/mol. The number of carbonyl (C=O) groups excluding carboxylic acids is 1. The van der Waals surface area contributed by atoms with E-state index in [2.05, 4.69) is 11.4 Å². The Bertz CT molecular complexity index is 1540. The van der Waals surface area contributed by atoms with Crippen LogP contribution in [0.15, 0.2) is 78.9 Å². The lowest BCUT2D eigenvalue weighted by molar-refractivity contribution is 0.102. The van der Waals surface area contributed by atoms with Crippen molar-refractivity contribution in [3.05, 3.63) is 101 Å². The maximum absolute atomic E-state index is 13.1. The smallest absolute Gasteiger partial charge is 0.256 e. The first-order valence-corrected chi connectivity index (χ1v) is 10.8. The Balaban J connectivity index is 1.75. The third-order valence-corrected chi connectivity index (χ3v) is 5.87. The SMILES string of the molecule is CC(c1ccccc1)n1c(NC(=O)c2ccc(Cl)cc2)c(C#N)c2nc3ccccc3nc21. The van der Waals surface area contributed by atoms with Gasteiger partial charge in [0.1, 0.15) is 23.0 Å². The topological polar surface area (TPSA) is 83.6 Å². The second-order valence-corrected chi connectivity index (χ2v) is 8.07. The maximum Gasteiger partial charge on any atom is 0.256 e. The molecule has 6 nitrogen and oxygen atoms in total. The number of para-hydroxylation sites is 2. The predicted molar refractivity (Wildman–Crippen MR) is 129 cm³/mol. The van der Waals surface area contributed by atoms with Gasteiger partial charge in [-0.3, -0.25) is 4.79 Å². The zero-order chi connectivity index (χ0) is 22.9. The van der Waals surface area contributed by atoms with Crippen LogP contribution < -0.4 is 5.32 Å². The van der Waals surface area contributed by atoms with Gasteiger partial charge in [-0.2, -0.15) is 5.26 Å². The fraction of sp³-hybridized carbons (Fsp3) is 0.0769. The number of carbonyl (C=O) groups is 1. The van der Waals surface area contributed by atoms with Gasteiger partial charge in [0, 0.05) is 10.6 Å². The third-order valence-electron chi connectivity index (χ3n) is 5.61. The summed E-state index contributed by atoms with van der Waals surface area (Å²) in [6, 6.07) is 26.0. The molecule has 1 unspecified atom stereocenters. The van der Waals surface area contributed by atoms with Crippen molar-refractivity contribution in [2.75, 3.05) is 5.32 Å². The van der Waals surface area contributed by atoms with Gasteiger partial charge >= 0.3 is 0 Å². The number of nitrogens with one attached hydrogen (secondary N) is 1. The number of anilines is 1. The molecule has 0 bridgehead atoms. The van der Waals surface area contributed by atoms with Gasteiger partial charge < -0.3 is 9.88 Å². The molecule has 5 aromatic rings. The molecule has 0 radical (unpaired) electrons. The summed E-state index contributed by atoms with van der Waals surface area (Å²) < 4.78 is 1.87. The van der Waals surface area contributed by atoms with Crippen LogP contribution >= 0.6 is 11.6 Å². The van der Waals surface area contributed by atoms with Crippen molar-refractivity contribution in [2.24, 2.45) is 0 Å². The van der Waals surface area contributed by atoms with Crippen LogP contribution in [0.5, 0.6) is 0 Å². The molecule has 1 atom stereocenters. The highest BCUT2D eigenvalue weighted by Gasteiger charge is 2.26. The van der Waals surface area contributed by atoms with Crippen LogP contribution in [0.4, 0.5) is 5.82 Å². The number of halogens is 1. The summed E-state index contributed by atoms with van der Waals surface area (Å²) in [5.74, 6) is 0.0103. The van der Waals surface area contributed by atoms with Gasteiger partial charge in [-0.05, 0) is 48.9 Å². The summed E-state index contributed by atoms with van der Waals surface area (Å²) in [5.41, 5.74) is 4.09. The van der Waals surface area contributed by atoms with Crippen molar-refractivity contribution in [1.82, 2.24) is 14.5 Å². The zero-order valence-corrected chi connectivity index (χ0v) is 18.4. The van der Waals surface area contributed by atoms with E-state index in [1.807, 2.05) is 66.1 Å². The highest BCUT2D eigenvalue weighted by atomic mass is 35.5. The van der Waals surface area contributed by atoms with Crippen LogP contribution in [0.25, 0.3) is 22.2 Å². The maximum atomic E-state index is 13.1. The van der Waals surface area contributed by atoms with Crippen LogP contribution in [-0.2, 0) is 0 Å². The Morgan fingerprint density at radius 3 is 2.27 bits per heavy atom. The highest BCUT2D eigenvalue weighted by molar-refractivity contribution is 6.30. The van der Waals surface area contributed by atoms with Gasteiger partial charge in [0.2, 0.25) is 0 Å². The van der Waals surface area contributed by atoms with Gasteiger partial charge in [0.25, 0.3) is 5.91 Å². The molecule has 0 aliphatic rings. The number of nitriles is 1. The Kier molecular flexibility index (Phi) is 5.25. The number of hydrogen-bond acceptors (Lipinski definition) is 4. The molecule has 0 aliphatic carbocycles. The van der Waals surface area contributed by atoms with Crippen LogP contribution in [0, 0.1) is 11.3 Å². The minimum atomic E-state index is -0.350. The number of rotatable bonds is 4. The van der Waals surface area contributed by atoms with Crippen LogP contribution in [0.3, 0.4) is 0 Å². The second kappa shape index (κ2) is 8.38. The largest absolute Gasteiger partial charge is 0.307 e. The molecule has 2 heterocycles. The molecule has 160 valence electrons. The van der Waals surface area contributed by atoms with E-state index >= 15 is 0 Å². The van der Waals surface area contributed by atoms with Crippen molar-refractivity contribution in [1.29, 1.82) is 5.26 Å². The number of fused-ring (bicyclic) bond motifs is 2. The van der Waals surface area contributed by atoms with Gasteiger partial charge in [0.15, 0.2) is 5.65 Å². The first-order valence-electron chi connectivity index (χ1n) is 10.4. The first kappa shape index (κ1) is 20.7. The molecule has 5 rings (SSSR count). The van der Waals surface area contributed by atoms with Gasteiger partial charge in [-0.15, -0.1) is 0 Å². The molecule has 0 fully saturated rings. The van der Waals surface area contributed by atoms with Crippen molar-refractivity contribution in [3.63, 3.8) is 0 Å². The van der Waals surface area contributed by atoms with E-state index in [-0.39, 0.29) is 17.5 Å². The number of nitrogens with zero attached hydrogens (tertiary/aromatic N) is 4. The van der Waals surface area contributed by atoms with E-state index < -0.39 is 0 Å². The van der Waals surface area contributed by atoms with E-state index in [0.717, 1.165) is 5.56 Å². The van der Waals surface area contributed by atoms with E-state index in [0.29, 0.717) is 38.6 Å². The van der Waals surface area contributed by atoms with Crippen molar-refractivity contribution in [3.8, 4) is 6.07 Å². The first-order chi connectivity index (χ1) is 16.1. The quantitative estimate of drug-likeness (QED) is 0.364. The summed E-state index contributed by atoms with van der Waals surface area (Å²) in [6.07, 6.45) is 0. The molecule has 7 heteroatoms. The molecule has 2 aromatic heterocycles. The number of benzene rings is 3. The molecule has 1 N–H and O–H groups in total. The lowest BCUT2D eigenvalue weighted by atomic mass is 10.1. The van der Waals surface area contributed by atoms with Crippen LogP contribution in [-0.4, -0.2) is 20.4 Å². The van der Waals surface area contributed by atoms with Crippen LogP contribution in [0.1, 0.15) is 34.5 Å². The number of hydrogen-bond donors (Lipinski definition) is 1. The lowest BCUT2D eigenvalue weighted by Crippen LogP contribution is -2.18. The average molecular weight is 452 g/mol. The zero-order valence-electron chi connectivity index (χ0n) is 17.7. The van der Waals surface area contributed by atoms with Gasteiger partial charge in [0.05, 0.1) is 17.1 Å². The Morgan fingerprint density at radius 1 is 0.970 bits per heavy atom. The second-order valence-electron chi connectivity index (χ2n) is 7.64. The Morgan fingerprint density at radius 2 is 1.61 bits per heavy atom. The summed E-state index contributed by atoms with van der Waals surface area (Å²) >= 11 is 5.97. The molecule has 3 aromatic carbocycles. The van der Waals surface area contributed by atoms with Crippen molar-refractivity contribution in [2.45, 2.75) is 13.0 Å². The molecule has 0 aliphatic heterocycles. The van der Waals surface area contributed by atoms with E-state index in [9.17, 15) is 10.1 Å². The van der Waals surface area contributed by atoms with Gasteiger partial charge in [-0.25, -0.2) is 9.97 Å². The van der Waals surface area contributed by atoms with Crippen LogP contribution in [0.2, 0.25) is 5.02 Å². The number of amides is 1. The molecule has 0 saturated heterocycles. The molecule has 0 saturated carbocycles. The predicted octanol–water partition coefficient (Wildman–Crippen LogP) is 5.97. The highest BCUT2D eigenvalue weighted by Crippen LogP contribution is 2.35. The minimum Gasteiger partial charge on any atom is -0.307 e. The van der Waals surface area contributed by atoms with E-state index in [1.165, 1.54) is 0 Å². The summed E-state index contributed by atoms with van der Waals surface area (Å²) in [5, 5.41) is 13.6.